The summed E-state index contributed by atoms with van der Waals surface area (Å²) in [5.41, 5.74) is 1.09. The Balaban J connectivity index is 1.61. The van der Waals surface area contributed by atoms with Crippen molar-refractivity contribution < 1.29 is 14.3 Å². The second kappa shape index (κ2) is 5.38. The van der Waals surface area contributed by atoms with Crippen LogP contribution < -0.4 is 0 Å². The Morgan fingerprint density at radius 2 is 2.09 bits per heavy atom. The number of hydrogen-bond donors (Lipinski definition) is 0. The number of rotatable bonds is 3. The molecule has 0 saturated carbocycles. The van der Waals surface area contributed by atoms with Gasteiger partial charge in [-0.25, -0.2) is 9.36 Å². The number of ketones is 1. The first-order valence-electron chi connectivity index (χ1n) is 7.08. The first-order valence-corrected chi connectivity index (χ1v) is 7.49. The van der Waals surface area contributed by atoms with Crippen molar-refractivity contribution in [3.63, 3.8) is 0 Å². The fourth-order valence-electron chi connectivity index (χ4n) is 2.82. The number of Topliss-reactive ketones (excluding diaryl/α,β-unsaturated/α-hetero) is 1. The van der Waals surface area contributed by atoms with Gasteiger partial charge in [-0.2, -0.15) is 0 Å². The molecule has 2 bridgehead atoms. The van der Waals surface area contributed by atoms with Gasteiger partial charge in [-0.15, -0.1) is 0 Å². The van der Waals surface area contributed by atoms with Gasteiger partial charge in [-0.1, -0.05) is 30.3 Å². The van der Waals surface area contributed by atoms with Crippen LogP contribution in [0.5, 0.6) is 0 Å². The van der Waals surface area contributed by atoms with E-state index in [9.17, 15) is 4.79 Å². The zero-order valence-corrected chi connectivity index (χ0v) is 12.5. The normalized spacial score (nSPS) is 27.3. The molecule has 114 valence electrons. The van der Waals surface area contributed by atoms with Gasteiger partial charge >= 0.3 is 0 Å². The summed E-state index contributed by atoms with van der Waals surface area (Å²) in [7, 11) is 0. The zero-order valence-electron chi connectivity index (χ0n) is 11.7. The summed E-state index contributed by atoms with van der Waals surface area (Å²) in [5.74, 6) is -0.0711. The van der Waals surface area contributed by atoms with E-state index in [1.54, 1.807) is 9.36 Å². The van der Waals surface area contributed by atoms with Gasteiger partial charge in [-0.05, 0) is 28.2 Å². The van der Waals surface area contributed by atoms with Gasteiger partial charge in [-0.3, -0.25) is 4.79 Å². The lowest BCUT2D eigenvalue weighted by Gasteiger charge is -2.25. The van der Waals surface area contributed by atoms with Crippen molar-refractivity contribution in [3.05, 3.63) is 40.7 Å². The third-order valence-corrected chi connectivity index (χ3v) is 4.36. The van der Waals surface area contributed by atoms with Crippen molar-refractivity contribution in [2.75, 3.05) is 6.61 Å². The van der Waals surface area contributed by atoms with Crippen LogP contribution >= 0.6 is 12.2 Å². The fraction of sp³-hybridized carbons (Fsp3) is 0.429. The zero-order chi connectivity index (χ0) is 15.1. The smallest absolute Gasteiger partial charge is 0.218 e. The van der Waals surface area contributed by atoms with Gasteiger partial charge in [0.15, 0.2) is 5.78 Å². The monoisotopic (exact) mass is 318 g/mol. The molecule has 2 aliphatic rings. The predicted octanol–water partition coefficient (Wildman–Crippen LogP) is 1.11. The molecule has 0 amide bonds. The van der Waals surface area contributed by atoms with Crippen molar-refractivity contribution in [1.82, 2.24) is 19.8 Å². The molecule has 3 atom stereocenters. The minimum atomic E-state index is -0.713. The van der Waals surface area contributed by atoms with Crippen LogP contribution in [0.1, 0.15) is 18.0 Å². The second-order valence-electron chi connectivity index (χ2n) is 5.43. The molecule has 3 heterocycles. The molecule has 0 N–H and O–H groups in total. The van der Waals surface area contributed by atoms with E-state index in [0.29, 0.717) is 24.3 Å². The third kappa shape index (κ3) is 2.29. The number of nitrogens with zero attached hydrogens (tertiary/aromatic N) is 4. The average molecular weight is 318 g/mol. The maximum atomic E-state index is 11.9. The number of hydrogen-bond acceptors (Lipinski definition) is 6. The Labute approximate surface area is 131 Å². The lowest BCUT2D eigenvalue weighted by molar-refractivity contribution is -0.156. The van der Waals surface area contributed by atoms with Crippen molar-refractivity contribution in [3.8, 4) is 0 Å². The van der Waals surface area contributed by atoms with Crippen molar-refractivity contribution >= 4 is 18.0 Å². The van der Waals surface area contributed by atoms with Crippen LogP contribution in [-0.2, 0) is 20.8 Å². The molecule has 2 aliphatic heterocycles. The molecule has 0 unspecified atom stereocenters. The van der Waals surface area contributed by atoms with Gasteiger partial charge in [0.1, 0.15) is 6.10 Å². The number of carbonyl (C=O) groups is 1. The maximum Gasteiger partial charge on any atom is 0.218 e. The van der Waals surface area contributed by atoms with E-state index in [4.69, 9.17) is 21.7 Å². The van der Waals surface area contributed by atoms with Crippen LogP contribution in [0, 0.1) is 4.77 Å². The quantitative estimate of drug-likeness (QED) is 0.790. The molecule has 2 fully saturated rings. The Kier molecular flexibility index (Phi) is 3.36. The minimum Gasteiger partial charge on any atom is -0.343 e. The van der Waals surface area contributed by atoms with Crippen LogP contribution in [0.2, 0.25) is 0 Å². The van der Waals surface area contributed by atoms with E-state index >= 15 is 0 Å². The predicted molar refractivity (Wildman–Crippen MR) is 77.7 cm³/mol. The molecule has 1 aromatic heterocycles. The summed E-state index contributed by atoms with van der Waals surface area (Å²) in [5, 5.41) is 8.24. The summed E-state index contributed by atoms with van der Waals surface area (Å²) in [6.45, 7) is 0.930. The highest BCUT2D eigenvalue weighted by Crippen LogP contribution is 2.32. The summed E-state index contributed by atoms with van der Waals surface area (Å²) >= 11 is 5.45. The van der Waals surface area contributed by atoms with Crippen LogP contribution in [0.4, 0.5) is 0 Å². The van der Waals surface area contributed by atoms with Gasteiger partial charge < -0.3 is 9.47 Å². The van der Waals surface area contributed by atoms with Gasteiger partial charge in [0, 0.05) is 6.42 Å². The molecular formula is C14H14N4O3S. The first kappa shape index (κ1) is 13.7. The lowest BCUT2D eigenvalue weighted by Crippen LogP contribution is -2.37. The first-order chi connectivity index (χ1) is 10.7. The highest BCUT2D eigenvalue weighted by atomic mass is 32.1. The number of aromatic nitrogens is 4. The highest BCUT2D eigenvalue weighted by molar-refractivity contribution is 7.71. The van der Waals surface area contributed by atoms with Crippen LogP contribution in [0.15, 0.2) is 30.3 Å². The van der Waals surface area contributed by atoms with Crippen molar-refractivity contribution in [1.29, 1.82) is 0 Å². The average Bonchev–Trinajstić information content (AvgIpc) is 3.11. The molecule has 2 aromatic rings. The molecule has 0 aliphatic carbocycles. The number of ether oxygens (including phenoxy) is 2. The van der Waals surface area contributed by atoms with E-state index in [-0.39, 0.29) is 17.9 Å². The number of carbonyl (C=O) groups excluding carboxylic acids is 1. The largest absolute Gasteiger partial charge is 0.343 e. The summed E-state index contributed by atoms with van der Waals surface area (Å²) in [4.78, 5) is 11.9. The number of tetrazole rings is 1. The number of benzene rings is 1. The summed E-state index contributed by atoms with van der Waals surface area (Å²) < 4.78 is 14.6. The van der Waals surface area contributed by atoms with E-state index in [0.717, 1.165) is 5.56 Å². The van der Waals surface area contributed by atoms with E-state index in [1.807, 2.05) is 30.3 Å². The Morgan fingerprint density at radius 3 is 2.91 bits per heavy atom. The molecule has 0 radical (unpaired) electrons. The molecule has 4 rings (SSSR count). The van der Waals surface area contributed by atoms with Crippen molar-refractivity contribution in [2.24, 2.45) is 0 Å². The lowest BCUT2D eigenvalue weighted by atomic mass is 10.0. The molecule has 7 nitrogen and oxygen atoms in total. The Hall–Kier alpha value is -1.90. The molecular weight excluding hydrogens is 304 g/mol. The maximum absolute atomic E-state index is 11.9. The van der Waals surface area contributed by atoms with E-state index < -0.39 is 6.29 Å². The van der Waals surface area contributed by atoms with Crippen molar-refractivity contribution in [2.45, 2.75) is 31.4 Å². The minimum absolute atomic E-state index is 0.0711. The second-order valence-corrected chi connectivity index (χ2v) is 5.79. The number of fused-ring (bicyclic) bond motifs is 2. The van der Waals surface area contributed by atoms with Gasteiger partial charge in [0.05, 0.1) is 19.2 Å². The van der Waals surface area contributed by atoms with Gasteiger partial charge in [0.25, 0.3) is 0 Å². The SMILES string of the molecule is O=C1C[C@@H](n2nnn(Cc3ccccc3)c2=S)[C@@H]2CO[C@H]1O2. The van der Waals surface area contributed by atoms with Crippen LogP contribution in [0.25, 0.3) is 0 Å². The Morgan fingerprint density at radius 1 is 1.27 bits per heavy atom. The van der Waals surface area contributed by atoms with Gasteiger partial charge in [0.2, 0.25) is 11.1 Å². The van der Waals surface area contributed by atoms with Crippen LogP contribution in [-0.4, -0.2) is 44.6 Å². The van der Waals surface area contributed by atoms with Crippen LogP contribution in [0.3, 0.4) is 0 Å². The topological polar surface area (TPSA) is 71.2 Å². The molecule has 22 heavy (non-hydrogen) atoms. The summed E-state index contributed by atoms with van der Waals surface area (Å²) in [6.07, 6.45) is -0.598. The highest BCUT2D eigenvalue weighted by Gasteiger charge is 2.45. The standard InChI is InChI=1S/C14H14N4O3S/c19-11-6-10(12-8-20-13(11)21-12)18-14(22)17(15-16-18)7-9-4-2-1-3-5-9/h1-5,10,12-13H,6-8H2/t10-,12+,13+/m1/s1. The van der Waals surface area contributed by atoms with E-state index in [1.165, 1.54) is 0 Å². The molecule has 1 aromatic carbocycles. The molecule has 0 spiro atoms. The molecule has 2 saturated heterocycles. The summed E-state index contributed by atoms with van der Waals surface area (Å²) in [6, 6.07) is 9.65. The molecule has 8 heteroatoms. The fourth-order valence-corrected chi connectivity index (χ4v) is 3.09. The Bertz CT molecular complexity index is 757. The van der Waals surface area contributed by atoms with E-state index in [2.05, 4.69) is 10.4 Å². The third-order valence-electron chi connectivity index (χ3n) is 3.96.